The number of pyridine rings is 1. The van der Waals surface area contributed by atoms with Crippen LogP contribution < -0.4 is 15.8 Å². The molecule has 1 amide bonds. The molecule has 7 heteroatoms. The summed E-state index contributed by atoms with van der Waals surface area (Å²) in [6, 6.07) is 17.4. The number of amides is 1. The van der Waals surface area contributed by atoms with Gasteiger partial charge in [-0.05, 0) is 48.9 Å². The second-order valence-electron chi connectivity index (χ2n) is 7.07. The molecule has 0 fully saturated rings. The van der Waals surface area contributed by atoms with E-state index in [1.54, 1.807) is 65.2 Å². The van der Waals surface area contributed by atoms with Crippen molar-refractivity contribution in [3.63, 3.8) is 0 Å². The minimum atomic E-state index is -0.425. The van der Waals surface area contributed by atoms with Gasteiger partial charge in [0, 0.05) is 22.5 Å². The largest absolute Gasteiger partial charge is 0.497 e. The Hall–Kier alpha value is -3.77. The van der Waals surface area contributed by atoms with Crippen LogP contribution in [-0.2, 0) is 0 Å². The summed E-state index contributed by atoms with van der Waals surface area (Å²) in [6.45, 7) is 1.88. The fourth-order valence-corrected chi connectivity index (χ4v) is 3.64. The molecule has 0 atom stereocenters. The predicted octanol–water partition coefficient (Wildman–Crippen LogP) is 4.98. The number of aryl methyl sites for hydroxylation is 1. The highest BCUT2D eigenvalue weighted by Crippen LogP contribution is 2.30. The van der Waals surface area contributed by atoms with Gasteiger partial charge < -0.3 is 20.2 Å². The third kappa shape index (κ3) is 3.73. The number of halogens is 1. The highest BCUT2D eigenvalue weighted by Gasteiger charge is 2.26. The van der Waals surface area contributed by atoms with Crippen LogP contribution >= 0.6 is 11.6 Å². The van der Waals surface area contributed by atoms with Crippen molar-refractivity contribution in [1.82, 2.24) is 4.40 Å². The minimum absolute atomic E-state index is 0.106. The van der Waals surface area contributed by atoms with Gasteiger partial charge in [0.25, 0.3) is 5.91 Å². The van der Waals surface area contributed by atoms with Crippen molar-refractivity contribution in [2.24, 2.45) is 0 Å². The predicted molar refractivity (Wildman–Crippen MR) is 122 cm³/mol. The Bertz CT molecular complexity index is 1330. The molecule has 6 nitrogen and oxygen atoms in total. The van der Waals surface area contributed by atoms with E-state index in [0.29, 0.717) is 27.5 Å². The average molecular weight is 434 g/mol. The first-order valence-electron chi connectivity index (χ1n) is 9.55. The lowest BCUT2D eigenvalue weighted by atomic mass is 10.1. The van der Waals surface area contributed by atoms with Crippen molar-refractivity contribution in [1.29, 1.82) is 0 Å². The maximum absolute atomic E-state index is 13.3. The van der Waals surface area contributed by atoms with Crippen LogP contribution in [0.3, 0.4) is 0 Å². The second kappa shape index (κ2) is 8.16. The number of nitrogen functional groups attached to an aromatic ring is 1. The third-order valence-electron chi connectivity index (χ3n) is 5.09. The average Bonchev–Trinajstić information content (AvgIpc) is 3.07. The monoisotopic (exact) mass is 433 g/mol. The van der Waals surface area contributed by atoms with Gasteiger partial charge in [-0.1, -0.05) is 35.9 Å². The Kier molecular flexibility index (Phi) is 5.40. The number of ether oxygens (including phenoxy) is 1. The Labute approximate surface area is 184 Å². The Morgan fingerprint density at radius 2 is 1.87 bits per heavy atom. The maximum Gasteiger partial charge on any atom is 0.259 e. The quantitative estimate of drug-likeness (QED) is 0.435. The summed E-state index contributed by atoms with van der Waals surface area (Å²) >= 11 is 6.17. The first kappa shape index (κ1) is 20.5. The van der Waals surface area contributed by atoms with E-state index in [2.05, 4.69) is 5.32 Å². The molecule has 156 valence electrons. The van der Waals surface area contributed by atoms with E-state index in [4.69, 9.17) is 22.1 Å². The standard InChI is InChI=1S/C24H20ClN3O3/c1-14-9-10-16(13-18(14)25)27-24(30)20-19-8-3-4-11-28(19)22(21(20)26)23(29)15-6-5-7-17(12-15)31-2/h3-13H,26H2,1-2H3,(H,27,30). The van der Waals surface area contributed by atoms with Gasteiger partial charge in [0.2, 0.25) is 5.78 Å². The number of rotatable bonds is 5. The van der Waals surface area contributed by atoms with Gasteiger partial charge in [-0.15, -0.1) is 0 Å². The number of carbonyl (C=O) groups is 2. The summed E-state index contributed by atoms with van der Waals surface area (Å²) in [6.07, 6.45) is 1.71. The molecular weight excluding hydrogens is 414 g/mol. The van der Waals surface area contributed by atoms with Crippen LogP contribution in [0.4, 0.5) is 11.4 Å². The van der Waals surface area contributed by atoms with E-state index in [0.717, 1.165) is 5.56 Å². The fraction of sp³-hybridized carbons (Fsp3) is 0.0833. The summed E-state index contributed by atoms with van der Waals surface area (Å²) in [4.78, 5) is 26.5. The summed E-state index contributed by atoms with van der Waals surface area (Å²) in [5.41, 5.74) is 9.30. The molecule has 2 aromatic carbocycles. The van der Waals surface area contributed by atoms with Gasteiger partial charge in [-0.2, -0.15) is 0 Å². The van der Waals surface area contributed by atoms with Crippen molar-refractivity contribution < 1.29 is 14.3 Å². The number of ketones is 1. The summed E-state index contributed by atoms with van der Waals surface area (Å²) in [7, 11) is 1.53. The number of hydrogen-bond acceptors (Lipinski definition) is 4. The fourth-order valence-electron chi connectivity index (χ4n) is 3.46. The zero-order valence-electron chi connectivity index (χ0n) is 17.0. The number of aromatic nitrogens is 1. The molecule has 2 aromatic heterocycles. The minimum Gasteiger partial charge on any atom is -0.497 e. The van der Waals surface area contributed by atoms with Crippen LogP contribution in [0.15, 0.2) is 66.9 Å². The number of nitrogens with zero attached hydrogens (tertiary/aromatic N) is 1. The number of fused-ring (bicyclic) bond motifs is 1. The zero-order valence-corrected chi connectivity index (χ0v) is 17.7. The topological polar surface area (TPSA) is 85.8 Å². The van der Waals surface area contributed by atoms with Crippen molar-refractivity contribution >= 4 is 40.2 Å². The molecule has 0 saturated heterocycles. The lowest BCUT2D eigenvalue weighted by Crippen LogP contribution is -2.14. The number of hydrogen-bond donors (Lipinski definition) is 2. The molecule has 0 bridgehead atoms. The molecule has 4 rings (SSSR count). The first-order valence-corrected chi connectivity index (χ1v) is 9.93. The molecule has 0 aliphatic rings. The molecule has 4 aromatic rings. The van der Waals surface area contributed by atoms with Crippen molar-refractivity contribution in [3.05, 3.63) is 94.3 Å². The molecule has 3 N–H and O–H groups in total. The van der Waals surface area contributed by atoms with Crippen LogP contribution in [0, 0.1) is 6.92 Å². The molecule has 0 aliphatic carbocycles. The number of anilines is 2. The van der Waals surface area contributed by atoms with E-state index < -0.39 is 5.91 Å². The van der Waals surface area contributed by atoms with Crippen LogP contribution in [0.5, 0.6) is 5.75 Å². The van der Waals surface area contributed by atoms with E-state index in [9.17, 15) is 9.59 Å². The molecule has 2 heterocycles. The smallest absolute Gasteiger partial charge is 0.259 e. The molecule has 31 heavy (non-hydrogen) atoms. The van der Waals surface area contributed by atoms with Crippen LogP contribution in [-0.4, -0.2) is 23.2 Å². The zero-order chi connectivity index (χ0) is 22.1. The Morgan fingerprint density at radius 1 is 1.06 bits per heavy atom. The van der Waals surface area contributed by atoms with Gasteiger partial charge in [0.05, 0.1) is 23.9 Å². The lowest BCUT2D eigenvalue weighted by molar-refractivity contribution is 0.102. The molecule has 0 aliphatic heterocycles. The number of carbonyl (C=O) groups excluding carboxylic acids is 2. The number of benzene rings is 2. The van der Waals surface area contributed by atoms with Gasteiger partial charge in [0.1, 0.15) is 11.4 Å². The summed E-state index contributed by atoms with van der Waals surface area (Å²) < 4.78 is 6.85. The van der Waals surface area contributed by atoms with Crippen molar-refractivity contribution in [3.8, 4) is 5.75 Å². The van der Waals surface area contributed by atoms with Gasteiger partial charge in [-0.3, -0.25) is 9.59 Å². The SMILES string of the molecule is COc1cccc(C(=O)c2c(N)c(C(=O)Nc3ccc(C)c(Cl)c3)c3ccccn23)c1. The van der Waals surface area contributed by atoms with Gasteiger partial charge in [-0.25, -0.2) is 0 Å². The Morgan fingerprint density at radius 3 is 2.61 bits per heavy atom. The molecule has 0 spiro atoms. The third-order valence-corrected chi connectivity index (χ3v) is 5.49. The summed E-state index contributed by atoms with van der Waals surface area (Å²) in [5, 5.41) is 3.36. The van der Waals surface area contributed by atoms with E-state index in [1.165, 1.54) is 7.11 Å². The van der Waals surface area contributed by atoms with Crippen molar-refractivity contribution in [2.75, 3.05) is 18.2 Å². The number of nitrogens with one attached hydrogen (secondary N) is 1. The van der Waals surface area contributed by atoms with Gasteiger partial charge in [0.15, 0.2) is 0 Å². The maximum atomic E-state index is 13.3. The number of nitrogens with two attached hydrogens (primary N) is 1. The normalized spacial score (nSPS) is 10.8. The van der Waals surface area contributed by atoms with E-state index in [-0.39, 0.29) is 22.7 Å². The highest BCUT2D eigenvalue weighted by atomic mass is 35.5. The van der Waals surface area contributed by atoms with Crippen molar-refractivity contribution in [2.45, 2.75) is 6.92 Å². The summed E-state index contributed by atoms with van der Waals surface area (Å²) in [5.74, 6) is -0.180. The van der Waals surface area contributed by atoms with Crippen LogP contribution in [0.2, 0.25) is 5.02 Å². The first-order chi connectivity index (χ1) is 14.9. The van der Waals surface area contributed by atoms with E-state index in [1.807, 2.05) is 13.0 Å². The molecular formula is C24H20ClN3O3. The molecule has 0 saturated carbocycles. The highest BCUT2D eigenvalue weighted by molar-refractivity contribution is 6.31. The van der Waals surface area contributed by atoms with Crippen LogP contribution in [0.25, 0.3) is 5.52 Å². The van der Waals surface area contributed by atoms with Crippen LogP contribution in [0.1, 0.15) is 32.0 Å². The Balaban J connectivity index is 1.80. The van der Waals surface area contributed by atoms with Gasteiger partial charge >= 0.3 is 0 Å². The number of methoxy groups -OCH3 is 1. The van der Waals surface area contributed by atoms with E-state index >= 15 is 0 Å². The molecule has 0 unspecified atom stereocenters. The lowest BCUT2D eigenvalue weighted by Gasteiger charge is -2.07. The molecule has 0 radical (unpaired) electrons. The second-order valence-corrected chi connectivity index (χ2v) is 7.48.